The van der Waals surface area contributed by atoms with Crippen LogP contribution in [0.5, 0.6) is 0 Å². The third kappa shape index (κ3) is 7.83. The van der Waals surface area contributed by atoms with Gasteiger partial charge in [0.25, 0.3) is 0 Å². The molecule has 5 N–H and O–H groups in total. The van der Waals surface area contributed by atoms with E-state index in [0.717, 1.165) is 5.56 Å². The average molecular weight is 466 g/mol. The van der Waals surface area contributed by atoms with E-state index in [4.69, 9.17) is 5.11 Å². The Morgan fingerprint density at radius 2 is 1.78 bits per heavy atom. The molecule has 1 saturated heterocycles. The summed E-state index contributed by atoms with van der Waals surface area (Å²) in [6.45, 7) is 3.91. The van der Waals surface area contributed by atoms with Crippen molar-refractivity contribution in [3.8, 4) is 0 Å². The molecular weight excluding hydrogens is 434 g/mol. The number of carbonyl (C=O) groups excluding carboxylic acids is 2. The van der Waals surface area contributed by atoms with Gasteiger partial charge >= 0.3 is 11.9 Å². The summed E-state index contributed by atoms with van der Waals surface area (Å²) in [5, 5.41) is 26.1. The topological polar surface area (TPSA) is 145 Å². The zero-order valence-corrected chi connectivity index (χ0v) is 19.1. The molecule has 0 aliphatic carbocycles. The van der Waals surface area contributed by atoms with Crippen LogP contribution in [0.25, 0.3) is 0 Å². The lowest BCUT2D eigenvalue weighted by Gasteiger charge is -2.25. The van der Waals surface area contributed by atoms with Crippen LogP contribution in [0.1, 0.15) is 45.1 Å². The fraction of sp³-hybridized carbons (Fsp3) is 0.545. The number of thioether (sulfide) groups is 1. The summed E-state index contributed by atoms with van der Waals surface area (Å²) in [6, 6.07) is 7.31. The molecule has 2 rings (SSSR count). The molecule has 0 spiro atoms. The highest BCUT2D eigenvalue weighted by molar-refractivity contribution is 8.01. The van der Waals surface area contributed by atoms with E-state index in [1.165, 1.54) is 11.8 Å². The number of nitrogens with one attached hydrogen (secondary N) is 3. The maximum Gasteiger partial charge on any atom is 0.322 e. The molecule has 3 unspecified atom stereocenters. The Morgan fingerprint density at radius 3 is 2.38 bits per heavy atom. The van der Waals surface area contributed by atoms with Gasteiger partial charge in [-0.3, -0.25) is 24.5 Å². The van der Waals surface area contributed by atoms with E-state index < -0.39 is 40.1 Å². The number of carboxylic acid groups (broad SMARTS) is 2. The first-order valence-corrected chi connectivity index (χ1v) is 11.5. The van der Waals surface area contributed by atoms with Crippen molar-refractivity contribution < 1.29 is 29.4 Å². The Labute approximate surface area is 191 Å². The fourth-order valence-electron chi connectivity index (χ4n) is 3.51. The molecule has 1 fully saturated rings. The molecule has 1 aromatic carbocycles. The van der Waals surface area contributed by atoms with Crippen LogP contribution in [0.3, 0.4) is 0 Å². The van der Waals surface area contributed by atoms with Crippen LogP contribution in [0.15, 0.2) is 30.3 Å². The summed E-state index contributed by atoms with van der Waals surface area (Å²) in [4.78, 5) is 47.8. The summed E-state index contributed by atoms with van der Waals surface area (Å²) in [6.07, 6.45) is 1.97. The molecule has 3 atom stereocenters. The molecule has 1 aliphatic rings. The second-order valence-electron chi connectivity index (χ2n) is 8.28. The zero-order chi connectivity index (χ0) is 23.7. The Hall–Kier alpha value is -2.59. The molecule has 0 radical (unpaired) electrons. The Kier molecular flexibility index (Phi) is 9.52. The van der Waals surface area contributed by atoms with Gasteiger partial charge in [0.05, 0.1) is 11.8 Å². The first kappa shape index (κ1) is 25.7. The first-order chi connectivity index (χ1) is 15.1. The minimum atomic E-state index is -1.02. The zero-order valence-electron chi connectivity index (χ0n) is 18.3. The summed E-state index contributed by atoms with van der Waals surface area (Å²) < 4.78 is -0.671. The summed E-state index contributed by atoms with van der Waals surface area (Å²) >= 11 is 1.31. The van der Waals surface area contributed by atoms with Gasteiger partial charge in [0.1, 0.15) is 12.1 Å². The Balaban J connectivity index is 2.02. The van der Waals surface area contributed by atoms with Crippen LogP contribution in [0.2, 0.25) is 0 Å². The smallest absolute Gasteiger partial charge is 0.322 e. The number of carboxylic acids is 2. The first-order valence-electron chi connectivity index (χ1n) is 10.6. The molecule has 10 heteroatoms. The van der Waals surface area contributed by atoms with E-state index in [-0.39, 0.29) is 18.7 Å². The van der Waals surface area contributed by atoms with Crippen LogP contribution in [-0.4, -0.2) is 62.7 Å². The van der Waals surface area contributed by atoms with Gasteiger partial charge in [-0.2, -0.15) is 0 Å². The van der Waals surface area contributed by atoms with Gasteiger partial charge in [-0.25, -0.2) is 0 Å². The van der Waals surface area contributed by atoms with Crippen LogP contribution in [-0.2, 0) is 25.6 Å². The molecule has 32 heavy (non-hydrogen) atoms. The molecular formula is C22H31N3O6S. The second kappa shape index (κ2) is 11.9. The van der Waals surface area contributed by atoms with Crippen LogP contribution in [0, 0.1) is 0 Å². The van der Waals surface area contributed by atoms with Crippen molar-refractivity contribution in [3.05, 3.63) is 35.9 Å². The summed E-state index contributed by atoms with van der Waals surface area (Å²) in [5.41, 5.74) is 0.804. The normalized spacial score (nSPS) is 20.3. The summed E-state index contributed by atoms with van der Waals surface area (Å²) in [7, 11) is 0. The molecule has 0 saturated carbocycles. The van der Waals surface area contributed by atoms with Crippen molar-refractivity contribution in [2.45, 2.75) is 68.2 Å². The number of aliphatic carboxylic acids is 2. The molecule has 176 valence electrons. The van der Waals surface area contributed by atoms with Gasteiger partial charge in [-0.15, -0.1) is 11.8 Å². The van der Waals surface area contributed by atoms with E-state index in [1.54, 1.807) is 13.8 Å². The number of benzene rings is 1. The fourth-order valence-corrected chi connectivity index (χ4v) is 5.00. The molecule has 1 aromatic rings. The molecule has 1 heterocycles. The van der Waals surface area contributed by atoms with E-state index in [0.29, 0.717) is 25.8 Å². The predicted octanol–water partition coefficient (Wildman–Crippen LogP) is 1.37. The maximum atomic E-state index is 12.9. The van der Waals surface area contributed by atoms with Crippen molar-refractivity contribution in [2.75, 3.05) is 6.54 Å². The highest BCUT2D eigenvalue weighted by atomic mass is 32.2. The summed E-state index contributed by atoms with van der Waals surface area (Å²) in [5.74, 6) is -2.61. The van der Waals surface area contributed by atoms with E-state index in [1.807, 2.05) is 30.3 Å². The minimum absolute atomic E-state index is 0.0837. The van der Waals surface area contributed by atoms with Crippen molar-refractivity contribution in [2.24, 2.45) is 0 Å². The van der Waals surface area contributed by atoms with Gasteiger partial charge in [-0.1, -0.05) is 36.8 Å². The highest BCUT2D eigenvalue weighted by Gasteiger charge is 2.49. The Bertz CT molecular complexity index is 817. The van der Waals surface area contributed by atoms with Gasteiger partial charge in [0, 0.05) is 17.7 Å². The van der Waals surface area contributed by atoms with Crippen LogP contribution < -0.4 is 16.0 Å². The highest BCUT2D eigenvalue weighted by Crippen LogP contribution is 2.39. The lowest BCUT2D eigenvalue weighted by molar-refractivity contribution is -0.140. The van der Waals surface area contributed by atoms with Gasteiger partial charge in [0.15, 0.2) is 0 Å². The van der Waals surface area contributed by atoms with Crippen LogP contribution in [0.4, 0.5) is 0 Å². The van der Waals surface area contributed by atoms with E-state index >= 15 is 0 Å². The molecule has 9 nitrogen and oxygen atoms in total. The van der Waals surface area contributed by atoms with Crippen LogP contribution >= 0.6 is 11.8 Å². The number of amides is 2. The molecule has 0 aromatic heterocycles. The van der Waals surface area contributed by atoms with Crippen molar-refractivity contribution in [1.82, 2.24) is 16.0 Å². The number of unbranched alkanes of at least 4 members (excludes halogenated alkanes) is 2. The number of carbonyl (C=O) groups is 4. The maximum absolute atomic E-state index is 12.9. The molecule has 2 amide bonds. The van der Waals surface area contributed by atoms with Gasteiger partial charge < -0.3 is 20.8 Å². The van der Waals surface area contributed by atoms with E-state index in [9.17, 15) is 24.3 Å². The quantitative estimate of drug-likeness (QED) is 0.291. The molecule has 1 aliphatic heterocycles. The third-order valence-corrected chi connectivity index (χ3v) is 6.69. The largest absolute Gasteiger partial charge is 0.481 e. The van der Waals surface area contributed by atoms with Crippen molar-refractivity contribution in [3.63, 3.8) is 0 Å². The third-order valence-electron chi connectivity index (χ3n) is 5.18. The minimum Gasteiger partial charge on any atom is -0.481 e. The van der Waals surface area contributed by atoms with Gasteiger partial charge in [0.2, 0.25) is 11.8 Å². The lowest BCUT2D eigenvalue weighted by atomic mass is 10.0. The number of hydrogen-bond donors (Lipinski definition) is 5. The average Bonchev–Trinajstić information content (AvgIpc) is 3.04. The monoisotopic (exact) mass is 465 g/mol. The lowest BCUT2D eigenvalue weighted by Crippen LogP contribution is -2.57. The van der Waals surface area contributed by atoms with Crippen molar-refractivity contribution in [1.29, 1.82) is 0 Å². The SMILES string of the molecule is CC1(C)SC(C(NC(=O)Cc2ccccc2)C(=O)NCCCCCC(=O)O)NC1C(=O)O. The number of rotatable bonds is 12. The Morgan fingerprint density at radius 1 is 1.09 bits per heavy atom. The second-order valence-corrected chi connectivity index (χ2v) is 10.1. The van der Waals surface area contributed by atoms with E-state index in [2.05, 4.69) is 16.0 Å². The van der Waals surface area contributed by atoms with Gasteiger partial charge in [-0.05, 0) is 32.3 Å². The predicted molar refractivity (Wildman–Crippen MR) is 121 cm³/mol. The van der Waals surface area contributed by atoms with Crippen molar-refractivity contribution >= 4 is 35.5 Å². The standard InChI is InChI=1S/C22H31N3O6S/c1-22(2)18(21(30)31)25-20(32-22)17(19(29)23-12-8-4-7-11-16(27)28)24-15(26)13-14-9-5-3-6-10-14/h3,5-6,9-10,17-18,20,25H,4,7-8,11-13H2,1-2H3,(H,23,29)(H,24,26)(H,27,28)(H,30,31). The molecule has 0 bridgehead atoms. The number of hydrogen-bond acceptors (Lipinski definition) is 6.